The second-order valence-corrected chi connectivity index (χ2v) is 6.75. The largest absolute Gasteiger partial charge is 0.496 e. The molecule has 0 bridgehead atoms. The van der Waals surface area contributed by atoms with Gasteiger partial charge in [0.2, 0.25) is 5.91 Å². The number of methoxy groups -OCH3 is 1. The van der Waals surface area contributed by atoms with E-state index in [0.717, 1.165) is 29.7 Å². The highest BCUT2D eigenvalue weighted by Gasteiger charge is 2.17. The number of aryl methyl sites for hydroxylation is 1. The summed E-state index contributed by atoms with van der Waals surface area (Å²) in [5.41, 5.74) is 2.18. The van der Waals surface area contributed by atoms with Crippen LogP contribution < -0.4 is 15.4 Å². The Bertz CT molecular complexity index is 614. The van der Waals surface area contributed by atoms with E-state index in [9.17, 15) is 4.79 Å². The van der Waals surface area contributed by atoms with E-state index in [1.54, 1.807) is 26.1 Å². The van der Waals surface area contributed by atoms with Gasteiger partial charge in [0, 0.05) is 25.7 Å². The molecule has 0 unspecified atom stereocenters. The van der Waals surface area contributed by atoms with Gasteiger partial charge in [0.05, 0.1) is 20.2 Å². The molecule has 146 valence electrons. The molecule has 0 radical (unpaired) electrons. The molecule has 1 aromatic carbocycles. The van der Waals surface area contributed by atoms with E-state index in [1.165, 1.54) is 12.8 Å². The zero-order valence-corrected chi connectivity index (χ0v) is 18.5. The third-order valence-electron chi connectivity index (χ3n) is 4.45. The Morgan fingerprint density at radius 1 is 1.31 bits per heavy atom. The van der Waals surface area contributed by atoms with Crippen molar-refractivity contribution in [3.8, 4) is 5.75 Å². The van der Waals surface area contributed by atoms with Gasteiger partial charge in [0.1, 0.15) is 5.75 Å². The van der Waals surface area contributed by atoms with Crippen molar-refractivity contribution < 1.29 is 9.53 Å². The number of guanidine groups is 1. The fourth-order valence-corrected chi connectivity index (χ4v) is 2.88. The maximum atomic E-state index is 11.9. The second kappa shape index (κ2) is 11.3. The van der Waals surface area contributed by atoms with Crippen LogP contribution >= 0.6 is 24.0 Å². The Kier molecular flexibility index (Phi) is 9.75. The van der Waals surface area contributed by atoms with Crippen LogP contribution in [0.5, 0.6) is 5.75 Å². The molecule has 2 rings (SSSR count). The number of rotatable bonds is 6. The number of nitrogens with zero attached hydrogens (tertiary/aromatic N) is 2. The lowest BCUT2D eigenvalue weighted by atomic mass is 10.1. The van der Waals surface area contributed by atoms with Crippen molar-refractivity contribution in [1.29, 1.82) is 0 Å². The van der Waals surface area contributed by atoms with E-state index < -0.39 is 0 Å². The molecule has 1 aromatic rings. The highest BCUT2D eigenvalue weighted by atomic mass is 127. The van der Waals surface area contributed by atoms with Crippen LogP contribution in [-0.4, -0.2) is 50.6 Å². The fraction of sp³-hybridized carbons (Fsp3) is 0.579. The summed E-state index contributed by atoms with van der Waals surface area (Å²) < 4.78 is 5.45. The zero-order chi connectivity index (χ0) is 18.2. The fourth-order valence-electron chi connectivity index (χ4n) is 2.88. The summed E-state index contributed by atoms with van der Waals surface area (Å²) in [6.07, 6.45) is 4.78. The Morgan fingerprint density at radius 3 is 2.62 bits per heavy atom. The van der Waals surface area contributed by atoms with Crippen molar-refractivity contribution in [2.24, 2.45) is 4.99 Å². The van der Waals surface area contributed by atoms with Crippen molar-refractivity contribution in [3.63, 3.8) is 0 Å². The normalized spacial score (nSPS) is 14.5. The molecular weight excluding hydrogens is 443 g/mol. The number of benzene rings is 1. The van der Waals surface area contributed by atoms with E-state index in [4.69, 9.17) is 4.74 Å². The number of ether oxygens (including phenoxy) is 1. The molecule has 1 amide bonds. The van der Waals surface area contributed by atoms with Crippen molar-refractivity contribution in [1.82, 2.24) is 15.5 Å². The van der Waals surface area contributed by atoms with Crippen LogP contribution in [0.4, 0.5) is 0 Å². The minimum Gasteiger partial charge on any atom is -0.496 e. The SMILES string of the molecule is COc1cc(C)ccc1CN=C(NCC(=O)N(C)C)NC1CCCC1.I. The van der Waals surface area contributed by atoms with E-state index >= 15 is 0 Å². The maximum Gasteiger partial charge on any atom is 0.241 e. The van der Waals surface area contributed by atoms with Gasteiger partial charge >= 0.3 is 0 Å². The highest BCUT2D eigenvalue weighted by Crippen LogP contribution is 2.21. The first kappa shape index (κ1) is 22.5. The molecule has 1 fully saturated rings. The lowest BCUT2D eigenvalue weighted by Crippen LogP contribution is -2.46. The summed E-state index contributed by atoms with van der Waals surface area (Å²) in [4.78, 5) is 18.1. The summed E-state index contributed by atoms with van der Waals surface area (Å²) in [6, 6.07) is 6.54. The molecular formula is C19H31IN4O2. The van der Waals surface area contributed by atoms with Gasteiger partial charge in [0.15, 0.2) is 5.96 Å². The first-order chi connectivity index (χ1) is 12.0. The molecule has 0 aromatic heterocycles. The third kappa shape index (κ3) is 7.01. The Hall–Kier alpha value is -1.51. The van der Waals surface area contributed by atoms with Gasteiger partial charge in [-0.25, -0.2) is 4.99 Å². The molecule has 0 aliphatic heterocycles. The molecule has 0 spiro atoms. The monoisotopic (exact) mass is 474 g/mol. The van der Waals surface area contributed by atoms with Gasteiger partial charge in [-0.2, -0.15) is 0 Å². The summed E-state index contributed by atoms with van der Waals surface area (Å²) in [7, 11) is 5.18. The molecule has 7 heteroatoms. The van der Waals surface area contributed by atoms with Crippen LogP contribution in [-0.2, 0) is 11.3 Å². The summed E-state index contributed by atoms with van der Waals surface area (Å²) in [5, 5.41) is 6.61. The molecule has 0 atom stereocenters. The van der Waals surface area contributed by atoms with Gasteiger partial charge in [-0.1, -0.05) is 25.0 Å². The number of nitrogens with one attached hydrogen (secondary N) is 2. The van der Waals surface area contributed by atoms with Gasteiger partial charge in [-0.3, -0.25) is 4.79 Å². The van der Waals surface area contributed by atoms with Crippen LogP contribution in [0.3, 0.4) is 0 Å². The van der Waals surface area contributed by atoms with E-state index in [2.05, 4.69) is 21.7 Å². The number of amides is 1. The number of halogens is 1. The van der Waals surface area contributed by atoms with Crippen LogP contribution in [0.15, 0.2) is 23.2 Å². The van der Waals surface area contributed by atoms with E-state index in [-0.39, 0.29) is 36.4 Å². The molecule has 0 saturated heterocycles. The third-order valence-corrected chi connectivity index (χ3v) is 4.45. The number of hydrogen-bond acceptors (Lipinski definition) is 3. The lowest BCUT2D eigenvalue weighted by Gasteiger charge is -2.18. The van der Waals surface area contributed by atoms with Gasteiger partial charge in [-0.15, -0.1) is 24.0 Å². The number of aliphatic imine (C=N–C) groups is 1. The second-order valence-electron chi connectivity index (χ2n) is 6.75. The van der Waals surface area contributed by atoms with E-state index in [1.807, 2.05) is 19.1 Å². The minimum absolute atomic E-state index is 0. The predicted octanol–water partition coefficient (Wildman–Crippen LogP) is 2.69. The van der Waals surface area contributed by atoms with Crippen molar-refractivity contribution in [2.45, 2.75) is 45.2 Å². The van der Waals surface area contributed by atoms with Gasteiger partial charge < -0.3 is 20.3 Å². The lowest BCUT2D eigenvalue weighted by molar-refractivity contribution is -0.127. The summed E-state index contributed by atoms with van der Waals surface area (Å²) in [6.45, 7) is 2.77. The smallest absolute Gasteiger partial charge is 0.241 e. The first-order valence-electron chi connectivity index (χ1n) is 8.88. The van der Waals surface area contributed by atoms with Gasteiger partial charge in [0.25, 0.3) is 0 Å². The van der Waals surface area contributed by atoms with E-state index in [0.29, 0.717) is 18.5 Å². The summed E-state index contributed by atoms with van der Waals surface area (Å²) in [5.74, 6) is 1.55. The molecule has 1 aliphatic carbocycles. The number of likely N-dealkylation sites (N-methyl/N-ethyl adjacent to an activating group) is 1. The molecule has 0 heterocycles. The van der Waals surface area contributed by atoms with Crippen LogP contribution in [0, 0.1) is 6.92 Å². The Balaban J connectivity index is 0.00000338. The molecule has 1 aliphatic rings. The summed E-state index contributed by atoms with van der Waals surface area (Å²) >= 11 is 0. The Morgan fingerprint density at radius 2 is 2.00 bits per heavy atom. The van der Waals surface area contributed by atoms with Gasteiger partial charge in [-0.05, 0) is 31.4 Å². The van der Waals surface area contributed by atoms with Crippen molar-refractivity contribution in [3.05, 3.63) is 29.3 Å². The number of carbonyl (C=O) groups is 1. The quantitative estimate of drug-likeness (QED) is 0.378. The molecule has 26 heavy (non-hydrogen) atoms. The standard InChI is InChI=1S/C19H30N4O2.HI/c1-14-9-10-15(17(11-14)25-4)12-20-19(21-13-18(24)23(2)3)22-16-7-5-6-8-16;/h9-11,16H,5-8,12-13H2,1-4H3,(H2,20,21,22);1H. The van der Waals surface area contributed by atoms with Crippen LogP contribution in [0.2, 0.25) is 0 Å². The first-order valence-corrected chi connectivity index (χ1v) is 8.88. The molecule has 6 nitrogen and oxygen atoms in total. The van der Waals surface area contributed by atoms with Crippen LogP contribution in [0.25, 0.3) is 0 Å². The number of hydrogen-bond donors (Lipinski definition) is 2. The molecule has 2 N–H and O–H groups in total. The van der Waals surface area contributed by atoms with Crippen molar-refractivity contribution >= 4 is 35.8 Å². The highest BCUT2D eigenvalue weighted by molar-refractivity contribution is 14.0. The maximum absolute atomic E-state index is 11.9. The molecule has 1 saturated carbocycles. The van der Waals surface area contributed by atoms with Crippen molar-refractivity contribution in [2.75, 3.05) is 27.7 Å². The zero-order valence-electron chi connectivity index (χ0n) is 16.2. The number of carbonyl (C=O) groups excluding carboxylic acids is 1. The average molecular weight is 474 g/mol. The minimum atomic E-state index is 0. The predicted molar refractivity (Wildman–Crippen MR) is 116 cm³/mol. The van der Waals surface area contributed by atoms with Crippen LogP contribution in [0.1, 0.15) is 36.8 Å². The average Bonchev–Trinajstić information content (AvgIpc) is 3.10. The Labute approximate surface area is 173 Å². The topological polar surface area (TPSA) is 66.0 Å².